The summed E-state index contributed by atoms with van der Waals surface area (Å²) in [6.07, 6.45) is 1.47. The number of para-hydroxylation sites is 1. The van der Waals surface area contributed by atoms with Crippen LogP contribution in [0.5, 0.6) is 0 Å². The number of hydrogen-bond donors (Lipinski definition) is 2. The van der Waals surface area contributed by atoms with E-state index in [1.54, 1.807) is 0 Å². The Morgan fingerprint density at radius 3 is 3.07 bits per heavy atom. The average Bonchev–Trinajstić information content (AvgIpc) is 2.18. The normalized spacial score (nSPS) is 19.6. The van der Waals surface area contributed by atoms with Gasteiger partial charge in [0.15, 0.2) is 0 Å². The number of carboxylic acids is 1. The van der Waals surface area contributed by atoms with Crippen LogP contribution in [0, 0.1) is 0 Å². The molecule has 1 aliphatic rings. The molecule has 0 fully saturated rings. The number of rotatable bonds is 1. The Morgan fingerprint density at radius 1 is 1.57 bits per heavy atom. The molecule has 3 nitrogen and oxygen atoms in total. The summed E-state index contributed by atoms with van der Waals surface area (Å²) in [6.45, 7) is 0. The van der Waals surface area contributed by atoms with Gasteiger partial charge in [-0.15, -0.1) is 0 Å². The van der Waals surface area contributed by atoms with E-state index in [0.29, 0.717) is 6.42 Å². The predicted molar refractivity (Wildman–Crippen MR) is 57.5 cm³/mol. The molecule has 14 heavy (non-hydrogen) atoms. The molecule has 0 amide bonds. The highest BCUT2D eigenvalue weighted by Gasteiger charge is 2.24. The average molecular weight is 256 g/mol. The molecule has 74 valence electrons. The second kappa shape index (κ2) is 3.61. The van der Waals surface area contributed by atoms with Gasteiger partial charge in [-0.3, -0.25) is 0 Å². The van der Waals surface area contributed by atoms with Crippen LogP contribution < -0.4 is 5.32 Å². The van der Waals surface area contributed by atoms with Gasteiger partial charge in [-0.25, -0.2) is 4.79 Å². The van der Waals surface area contributed by atoms with Crippen LogP contribution >= 0.6 is 15.9 Å². The zero-order valence-corrected chi connectivity index (χ0v) is 9.04. The first-order chi connectivity index (χ1) is 6.68. The van der Waals surface area contributed by atoms with E-state index in [1.807, 2.05) is 18.2 Å². The second-order valence-corrected chi connectivity index (χ2v) is 4.20. The number of fused-ring (bicyclic) bond motifs is 1. The van der Waals surface area contributed by atoms with Gasteiger partial charge in [0, 0.05) is 4.47 Å². The first-order valence-electron chi connectivity index (χ1n) is 4.45. The number of nitrogens with one attached hydrogen (secondary N) is 1. The van der Waals surface area contributed by atoms with E-state index in [0.717, 1.165) is 16.6 Å². The quantitative estimate of drug-likeness (QED) is 0.810. The molecule has 0 bridgehead atoms. The van der Waals surface area contributed by atoms with Crippen LogP contribution in [0.15, 0.2) is 22.7 Å². The van der Waals surface area contributed by atoms with Crippen molar-refractivity contribution in [3.63, 3.8) is 0 Å². The molecule has 0 saturated heterocycles. The van der Waals surface area contributed by atoms with Gasteiger partial charge < -0.3 is 10.4 Å². The third-order valence-corrected chi connectivity index (χ3v) is 3.08. The van der Waals surface area contributed by atoms with Crippen molar-refractivity contribution < 1.29 is 9.90 Å². The van der Waals surface area contributed by atoms with E-state index >= 15 is 0 Å². The molecule has 1 atom stereocenters. The number of carbonyl (C=O) groups is 1. The van der Waals surface area contributed by atoms with Crippen molar-refractivity contribution in [3.05, 3.63) is 28.2 Å². The molecular formula is C10H10BrNO2. The fourth-order valence-electron chi connectivity index (χ4n) is 1.67. The smallest absolute Gasteiger partial charge is 0.326 e. The highest BCUT2D eigenvalue weighted by Crippen LogP contribution is 2.31. The van der Waals surface area contributed by atoms with E-state index in [9.17, 15) is 4.79 Å². The van der Waals surface area contributed by atoms with Gasteiger partial charge in [0.25, 0.3) is 0 Å². The van der Waals surface area contributed by atoms with Crippen LogP contribution in [0.25, 0.3) is 0 Å². The fourth-order valence-corrected chi connectivity index (χ4v) is 2.19. The summed E-state index contributed by atoms with van der Waals surface area (Å²) in [5.41, 5.74) is 2.10. The van der Waals surface area contributed by atoms with Crippen molar-refractivity contribution in [1.29, 1.82) is 0 Å². The number of anilines is 1. The van der Waals surface area contributed by atoms with Gasteiger partial charge in [0.1, 0.15) is 6.04 Å². The van der Waals surface area contributed by atoms with E-state index in [-0.39, 0.29) is 0 Å². The highest BCUT2D eigenvalue weighted by molar-refractivity contribution is 9.10. The summed E-state index contributed by atoms with van der Waals surface area (Å²) < 4.78 is 0.931. The van der Waals surface area contributed by atoms with E-state index in [2.05, 4.69) is 21.2 Å². The van der Waals surface area contributed by atoms with E-state index in [4.69, 9.17) is 5.11 Å². The number of benzene rings is 1. The van der Waals surface area contributed by atoms with Crippen LogP contribution in [0.2, 0.25) is 0 Å². The van der Waals surface area contributed by atoms with Gasteiger partial charge in [-0.2, -0.15) is 0 Å². The lowest BCUT2D eigenvalue weighted by molar-refractivity contribution is -0.138. The minimum atomic E-state index is -0.786. The summed E-state index contributed by atoms with van der Waals surface area (Å²) in [5.74, 6) is -0.786. The second-order valence-electron chi connectivity index (χ2n) is 3.35. The third-order valence-electron chi connectivity index (χ3n) is 2.42. The van der Waals surface area contributed by atoms with Crippen LogP contribution in [0.4, 0.5) is 5.69 Å². The Bertz CT molecular complexity index is 378. The standard InChI is InChI=1S/C10H10BrNO2/c11-7-3-1-2-6-4-5-8(10(13)14)12-9(6)7/h1-3,8,12H,4-5H2,(H,13,14)/t8-/m0/s1. The largest absolute Gasteiger partial charge is 0.480 e. The first kappa shape index (κ1) is 9.52. The van der Waals surface area contributed by atoms with Crippen molar-refractivity contribution in [2.45, 2.75) is 18.9 Å². The van der Waals surface area contributed by atoms with Crippen molar-refractivity contribution >= 4 is 27.6 Å². The van der Waals surface area contributed by atoms with Gasteiger partial charge in [-0.05, 0) is 40.4 Å². The Hall–Kier alpha value is -1.03. The first-order valence-corrected chi connectivity index (χ1v) is 5.24. The van der Waals surface area contributed by atoms with Gasteiger partial charge in [0.05, 0.1) is 5.69 Å². The zero-order chi connectivity index (χ0) is 10.1. The lowest BCUT2D eigenvalue weighted by Gasteiger charge is -2.24. The molecule has 2 N–H and O–H groups in total. The van der Waals surface area contributed by atoms with Crippen LogP contribution in [-0.2, 0) is 11.2 Å². The molecule has 1 aromatic carbocycles. The van der Waals surface area contributed by atoms with Crippen LogP contribution in [-0.4, -0.2) is 17.1 Å². The summed E-state index contributed by atoms with van der Waals surface area (Å²) in [4.78, 5) is 10.8. The van der Waals surface area contributed by atoms with E-state index in [1.165, 1.54) is 5.56 Å². The Labute approximate surface area is 90.3 Å². The molecule has 0 saturated carbocycles. The molecule has 0 aliphatic carbocycles. The lowest BCUT2D eigenvalue weighted by atomic mass is 9.98. The number of halogens is 1. The molecule has 1 aromatic rings. The monoisotopic (exact) mass is 255 g/mol. The molecular weight excluding hydrogens is 246 g/mol. The SMILES string of the molecule is O=C(O)[C@@H]1CCc2cccc(Br)c2N1. The molecule has 0 aromatic heterocycles. The molecule has 0 unspecified atom stereocenters. The van der Waals surface area contributed by atoms with Crippen LogP contribution in [0.1, 0.15) is 12.0 Å². The molecule has 0 radical (unpaired) electrons. The van der Waals surface area contributed by atoms with Crippen molar-refractivity contribution in [3.8, 4) is 0 Å². The van der Waals surface area contributed by atoms with Gasteiger partial charge >= 0.3 is 5.97 Å². The minimum absolute atomic E-state index is 0.457. The topological polar surface area (TPSA) is 49.3 Å². The number of aryl methyl sites for hydroxylation is 1. The highest BCUT2D eigenvalue weighted by atomic mass is 79.9. The predicted octanol–water partition coefficient (Wildman–Crippen LogP) is 2.26. The maximum atomic E-state index is 10.8. The number of carboxylic acid groups (broad SMARTS) is 1. The third kappa shape index (κ3) is 1.62. The van der Waals surface area contributed by atoms with E-state index < -0.39 is 12.0 Å². The lowest BCUT2D eigenvalue weighted by Crippen LogP contribution is -2.33. The van der Waals surface area contributed by atoms with Gasteiger partial charge in [-0.1, -0.05) is 12.1 Å². The fraction of sp³-hybridized carbons (Fsp3) is 0.300. The number of hydrogen-bond acceptors (Lipinski definition) is 2. The summed E-state index contributed by atoms with van der Waals surface area (Å²) in [5, 5.41) is 11.9. The Morgan fingerprint density at radius 2 is 2.36 bits per heavy atom. The summed E-state index contributed by atoms with van der Waals surface area (Å²) >= 11 is 3.40. The van der Waals surface area contributed by atoms with Crippen molar-refractivity contribution in [2.24, 2.45) is 0 Å². The van der Waals surface area contributed by atoms with Crippen molar-refractivity contribution in [2.75, 3.05) is 5.32 Å². The number of aliphatic carboxylic acids is 1. The summed E-state index contributed by atoms with van der Waals surface area (Å²) in [7, 11) is 0. The minimum Gasteiger partial charge on any atom is -0.480 e. The Balaban J connectivity index is 2.33. The molecule has 0 spiro atoms. The maximum Gasteiger partial charge on any atom is 0.326 e. The van der Waals surface area contributed by atoms with Gasteiger partial charge in [0.2, 0.25) is 0 Å². The Kier molecular flexibility index (Phi) is 2.46. The van der Waals surface area contributed by atoms with Crippen molar-refractivity contribution in [1.82, 2.24) is 0 Å². The maximum absolute atomic E-state index is 10.8. The summed E-state index contributed by atoms with van der Waals surface area (Å²) in [6, 6.07) is 5.44. The molecule has 4 heteroatoms. The zero-order valence-electron chi connectivity index (χ0n) is 7.46. The molecule has 1 heterocycles. The van der Waals surface area contributed by atoms with Crippen LogP contribution in [0.3, 0.4) is 0 Å². The molecule has 1 aliphatic heterocycles. The molecule has 2 rings (SSSR count).